The van der Waals surface area contributed by atoms with E-state index < -0.39 is 24.0 Å². The molecule has 7 heteroatoms. The van der Waals surface area contributed by atoms with Crippen molar-refractivity contribution in [2.75, 3.05) is 13.7 Å². The first-order valence-electron chi connectivity index (χ1n) is 5.41. The Bertz CT molecular complexity index is 431. The third kappa shape index (κ3) is 4.33. The number of esters is 1. The SMILES string of the molecule is CCOC(=O)C(F)[C@@H](N)c1ccc(OC)cc1F.Cl. The highest BCUT2D eigenvalue weighted by molar-refractivity contribution is 5.85. The van der Waals surface area contributed by atoms with Crippen LogP contribution in [0.15, 0.2) is 18.2 Å². The van der Waals surface area contributed by atoms with Gasteiger partial charge in [-0.25, -0.2) is 13.6 Å². The van der Waals surface area contributed by atoms with E-state index in [1.54, 1.807) is 6.92 Å². The maximum atomic E-state index is 13.6. The normalized spacial score (nSPS) is 13.1. The number of methoxy groups -OCH3 is 1. The lowest BCUT2D eigenvalue weighted by Crippen LogP contribution is -2.32. The number of carbonyl (C=O) groups excluding carboxylic acids is 1. The summed E-state index contributed by atoms with van der Waals surface area (Å²) in [6.07, 6.45) is -2.10. The third-order valence-electron chi connectivity index (χ3n) is 2.39. The average Bonchev–Trinajstić information content (AvgIpc) is 2.37. The summed E-state index contributed by atoms with van der Waals surface area (Å²) in [7, 11) is 1.38. The van der Waals surface area contributed by atoms with Gasteiger partial charge in [0.2, 0.25) is 6.17 Å². The standard InChI is InChI=1S/C12H15F2NO3.ClH/c1-3-18-12(16)10(14)11(15)8-5-4-7(17-2)6-9(8)13;/h4-6,10-11H,3,15H2,1-2H3;1H/t10?,11-;/m0./s1. The van der Waals surface area contributed by atoms with Crippen LogP contribution in [0.2, 0.25) is 0 Å². The molecule has 2 N–H and O–H groups in total. The highest BCUT2D eigenvalue weighted by atomic mass is 35.5. The summed E-state index contributed by atoms with van der Waals surface area (Å²) in [6, 6.07) is 2.39. The van der Waals surface area contributed by atoms with Gasteiger partial charge in [0.15, 0.2) is 0 Å². The molecule has 1 aromatic carbocycles. The molecule has 2 atom stereocenters. The Labute approximate surface area is 116 Å². The van der Waals surface area contributed by atoms with E-state index in [0.29, 0.717) is 0 Å². The van der Waals surface area contributed by atoms with E-state index in [9.17, 15) is 13.6 Å². The van der Waals surface area contributed by atoms with Crippen molar-refractivity contribution in [2.24, 2.45) is 5.73 Å². The quantitative estimate of drug-likeness (QED) is 0.846. The number of benzene rings is 1. The van der Waals surface area contributed by atoms with Crippen LogP contribution in [0.25, 0.3) is 0 Å². The van der Waals surface area contributed by atoms with Gasteiger partial charge < -0.3 is 15.2 Å². The molecule has 0 fully saturated rings. The summed E-state index contributed by atoms with van der Waals surface area (Å²) in [5.74, 6) is -1.54. The van der Waals surface area contributed by atoms with Crippen molar-refractivity contribution in [3.63, 3.8) is 0 Å². The predicted octanol–water partition coefficient (Wildman–Crippen LogP) is 2.16. The average molecular weight is 296 g/mol. The van der Waals surface area contributed by atoms with Gasteiger partial charge in [0.1, 0.15) is 11.6 Å². The van der Waals surface area contributed by atoms with Crippen molar-refractivity contribution in [3.8, 4) is 5.75 Å². The van der Waals surface area contributed by atoms with E-state index in [4.69, 9.17) is 10.5 Å². The summed E-state index contributed by atoms with van der Waals surface area (Å²) >= 11 is 0. The second kappa shape index (κ2) is 7.91. The van der Waals surface area contributed by atoms with Gasteiger partial charge in [-0.15, -0.1) is 12.4 Å². The lowest BCUT2D eigenvalue weighted by molar-refractivity contribution is -0.149. The van der Waals surface area contributed by atoms with Crippen LogP contribution in [-0.4, -0.2) is 25.9 Å². The number of rotatable bonds is 5. The van der Waals surface area contributed by atoms with Crippen molar-refractivity contribution in [2.45, 2.75) is 19.1 Å². The molecule has 0 aliphatic rings. The fourth-order valence-corrected chi connectivity index (χ4v) is 1.43. The molecular weight excluding hydrogens is 280 g/mol. The molecule has 0 amide bonds. The number of ether oxygens (including phenoxy) is 2. The summed E-state index contributed by atoms with van der Waals surface area (Å²) in [5, 5.41) is 0. The van der Waals surface area contributed by atoms with Crippen LogP contribution in [0.5, 0.6) is 5.75 Å². The van der Waals surface area contributed by atoms with Crippen LogP contribution in [0, 0.1) is 5.82 Å². The van der Waals surface area contributed by atoms with Crippen molar-refractivity contribution in [3.05, 3.63) is 29.6 Å². The lowest BCUT2D eigenvalue weighted by atomic mass is 10.0. The van der Waals surface area contributed by atoms with Gasteiger partial charge in [0, 0.05) is 11.6 Å². The minimum Gasteiger partial charge on any atom is -0.497 e. The fourth-order valence-electron chi connectivity index (χ4n) is 1.43. The first-order valence-corrected chi connectivity index (χ1v) is 5.41. The zero-order valence-electron chi connectivity index (χ0n) is 10.6. The number of hydrogen-bond donors (Lipinski definition) is 1. The van der Waals surface area contributed by atoms with Gasteiger partial charge in [-0.2, -0.15) is 0 Å². The molecular formula is C12H16ClF2NO3. The van der Waals surface area contributed by atoms with Gasteiger partial charge in [-0.05, 0) is 13.0 Å². The van der Waals surface area contributed by atoms with E-state index in [1.165, 1.54) is 19.2 Å². The second-order valence-corrected chi connectivity index (χ2v) is 3.57. The van der Waals surface area contributed by atoms with Crippen molar-refractivity contribution in [1.29, 1.82) is 0 Å². The molecule has 0 saturated carbocycles. The van der Waals surface area contributed by atoms with Gasteiger partial charge >= 0.3 is 5.97 Å². The molecule has 108 valence electrons. The maximum absolute atomic E-state index is 13.6. The number of halogens is 3. The first kappa shape index (κ1) is 17.6. The van der Waals surface area contributed by atoms with Gasteiger partial charge in [0.25, 0.3) is 0 Å². The molecule has 1 unspecified atom stereocenters. The lowest BCUT2D eigenvalue weighted by Gasteiger charge is -2.16. The Morgan fingerprint density at radius 1 is 1.47 bits per heavy atom. The number of nitrogens with two attached hydrogens (primary N) is 1. The van der Waals surface area contributed by atoms with E-state index in [0.717, 1.165) is 6.07 Å². The van der Waals surface area contributed by atoms with Crippen molar-refractivity contribution < 1.29 is 23.0 Å². The molecule has 0 aliphatic heterocycles. The zero-order valence-corrected chi connectivity index (χ0v) is 11.4. The second-order valence-electron chi connectivity index (χ2n) is 3.57. The van der Waals surface area contributed by atoms with E-state index in [2.05, 4.69) is 4.74 Å². The Balaban J connectivity index is 0.00000324. The Hall–Kier alpha value is -1.40. The first-order chi connectivity index (χ1) is 8.51. The smallest absolute Gasteiger partial charge is 0.342 e. The van der Waals surface area contributed by atoms with Crippen molar-refractivity contribution >= 4 is 18.4 Å². The molecule has 0 spiro atoms. The minimum atomic E-state index is -2.10. The van der Waals surface area contributed by atoms with Crippen LogP contribution in [0.1, 0.15) is 18.5 Å². The van der Waals surface area contributed by atoms with E-state index in [-0.39, 0.29) is 30.3 Å². The van der Waals surface area contributed by atoms with Gasteiger partial charge in [0.05, 0.1) is 19.8 Å². The maximum Gasteiger partial charge on any atom is 0.342 e. The number of hydrogen-bond acceptors (Lipinski definition) is 4. The summed E-state index contributed by atoms with van der Waals surface area (Å²) in [6.45, 7) is 1.58. The molecule has 0 radical (unpaired) electrons. The zero-order chi connectivity index (χ0) is 13.7. The number of carbonyl (C=O) groups is 1. The van der Waals surface area contributed by atoms with Crippen molar-refractivity contribution in [1.82, 2.24) is 0 Å². The topological polar surface area (TPSA) is 61.5 Å². The predicted molar refractivity (Wildman–Crippen MR) is 68.7 cm³/mol. The third-order valence-corrected chi connectivity index (χ3v) is 2.39. The van der Waals surface area contributed by atoms with Crippen LogP contribution in [0.4, 0.5) is 8.78 Å². The highest BCUT2D eigenvalue weighted by Crippen LogP contribution is 2.24. The highest BCUT2D eigenvalue weighted by Gasteiger charge is 2.29. The molecule has 19 heavy (non-hydrogen) atoms. The molecule has 1 aromatic rings. The molecule has 0 aliphatic carbocycles. The van der Waals surface area contributed by atoms with Gasteiger partial charge in [-0.1, -0.05) is 6.07 Å². The Morgan fingerprint density at radius 2 is 2.11 bits per heavy atom. The Morgan fingerprint density at radius 3 is 2.58 bits per heavy atom. The molecule has 0 bridgehead atoms. The molecule has 4 nitrogen and oxygen atoms in total. The van der Waals surface area contributed by atoms with Crippen LogP contribution in [-0.2, 0) is 9.53 Å². The molecule has 1 rings (SSSR count). The Kier molecular flexibility index (Phi) is 7.33. The molecule has 0 saturated heterocycles. The molecule has 0 heterocycles. The van der Waals surface area contributed by atoms with Gasteiger partial charge in [-0.3, -0.25) is 0 Å². The number of alkyl halides is 1. The van der Waals surface area contributed by atoms with E-state index >= 15 is 0 Å². The molecule has 0 aromatic heterocycles. The summed E-state index contributed by atoms with van der Waals surface area (Å²) in [5.41, 5.74) is 5.40. The summed E-state index contributed by atoms with van der Waals surface area (Å²) in [4.78, 5) is 11.2. The minimum absolute atomic E-state index is 0. The fraction of sp³-hybridized carbons (Fsp3) is 0.417. The van der Waals surface area contributed by atoms with Crippen LogP contribution >= 0.6 is 12.4 Å². The monoisotopic (exact) mass is 295 g/mol. The largest absolute Gasteiger partial charge is 0.497 e. The summed E-state index contributed by atoms with van der Waals surface area (Å²) < 4.78 is 36.5. The van der Waals surface area contributed by atoms with Crippen LogP contribution in [0.3, 0.4) is 0 Å². The van der Waals surface area contributed by atoms with Crippen LogP contribution < -0.4 is 10.5 Å². The van der Waals surface area contributed by atoms with E-state index in [1.807, 2.05) is 0 Å².